The number of hydrogen-bond donors (Lipinski definition) is 2. The number of pyridine rings is 1. The Morgan fingerprint density at radius 3 is 2.65 bits per heavy atom. The molecule has 26 heavy (non-hydrogen) atoms. The monoisotopic (exact) mass is 367 g/mol. The molecule has 0 aliphatic heterocycles. The van der Waals surface area contributed by atoms with Gasteiger partial charge >= 0.3 is 0 Å². The van der Waals surface area contributed by atoms with Crippen molar-refractivity contribution >= 4 is 23.1 Å². The third kappa shape index (κ3) is 3.21. The van der Waals surface area contributed by atoms with Gasteiger partial charge in [-0.2, -0.15) is 0 Å². The van der Waals surface area contributed by atoms with Crippen LogP contribution in [0.25, 0.3) is 16.9 Å². The van der Waals surface area contributed by atoms with Crippen LogP contribution in [-0.2, 0) is 6.54 Å². The zero-order chi connectivity index (χ0) is 18.1. The molecule has 2 N–H and O–H groups in total. The molecule has 130 valence electrons. The van der Waals surface area contributed by atoms with Crippen molar-refractivity contribution in [2.45, 2.75) is 6.54 Å². The van der Waals surface area contributed by atoms with E-state index in [9.17, 15) is 9.50 Å². The maximum atomic E-state index is 13.4. The smallest absolute Gasteiger partial charge is 0.140 e. The van der Waals surface area contributed by atoms with E-state index in [1.807, 2.05) is 16.7 Å². The molecule has 4 nitrogen and oxygen atoms in total. The Hall–Kier alpha value is -3.05. The minimum atomic E-state index is -0.270. The van der Waals surface area contributed by atoms with E-state index in [2.05, 4.69) is 10.3 Å². The Balaban J connectivity index is 1.77. The molecule has 0 atom stereocenters. The zero-order valence-electron chi connectivity index (χ0n) is 13.7. The van der Waals surface area contributed by atoms with Crippen LogP contribution in [0.2, 0.25) is 5.02 Å². The predicted octanol–water partition coefficient (Wildman–Crippen LogP) is 5.11. The minimum Gasteiger partial charge on any atom is -0.508 e. The second-order valence-corrected chi connectivity index (χ2v) is 6.35. The maximum absolute atomic E-state index is 13.4. The van der Waals surface area contributed by atoms with Gasteiger partial charge in [0.15, 0.2) is 0 Å². The minimum absolute atomic E-state index is 0.190. The molecule has 0 fully saturated rings. The molecule has 4 aromatic rings. The lowest BCUT2D eigenvalue weighted by molar-refractivity contribution is 0.475. The van der Waals surface area contributed by atoms with Crippen molar-refractivity contribution in [2.75, 3.05) is 5.32 Å². The van der Waals surface area contributed by atoms with E-state index in [1.165, 1.54) is 12.1 Å². The molecule has 0 bridgehead atoms. The van der Waals surface area contributed by atoms with Gasteiger partial charge in [0, 0.05) is 29.4 Å². The van der Waals surface area contributed by atoms with Gasteiger partial charge in [-0.05, 0) is 48.0 Å². The van der Waals surface area contributed by atoms with E-state index >= 15 is 0 Å². The molecule has 0 unspecified atom stereocenters. The van der Waals surface area contributed by atoms with E-state index in [1.54, 1.807) is 42.5 Å². The maximum Gasteiger partial charge on any atom is 0.140 e. The number of nitrogens with one attached hydrogen (secondary N) is 1. The van der Waals surface area contributed by atoms with Crippen LogP contribution in [0.1, 0.15) is 5.56 Å². The highest BCUT2D eigenvalue weighted by Crippen LogP contribution is 2.31. The summed E-state index contributed by atoms with van der Waals surface area (Å²) < 4.78 is 15.3. The van der Waals surface area contributed by atoms with Crippen molar-refractivity contribution in [1.29, 1.82) is 0 Å². The third-order valence-corrected chi connectivity index (χ3v) is 4.31. The second kappa shape index (κ2) is 6.69. The summed E-state index contributed by atoms with van der Waals surface area (Å²) in [5.74, 6) is 0.689. The van der Waals surface area contributed by atoms with Crippen LogP contribution in [0, 0.1) is 5.82 Å². The topological polar surface area (TPSA) is 49.6 Å². The summed E-state index contributed by atoms with van der Waals surface area (Å²) in [7, 11) is 0. The molecule has 2 aromatic heterocycles. The first-order valence-corrected chi connectivity index (χ1v) is 8.43. The van der Waals surface area contributed by atoms with Crippen LogP contribution >= 0.6 is 11.6 Å². The Bertz CT molecular complexity index is 1080. The molecule has 0 aliphatic carbocycles. The normalized spacial score (nSPS) is 11.0. The standard InChI is InChI=1S/C20H15ClFN3O/c21-15-8-9-25-18(11-15)24-19(14-4-6-17(26)7-5-14)20(25)23-12-13-2-1-3-16(22)10-13/h1-11,23,26H,12H2. The molecule has 4 rings (SSSR count). The summed E-state index contributed by atoms with van der Waals surface area (Å²) in [6, 6.07) is 16.8. The van der Waals surface area contributed by atoms with E-state index in [-0.39, 0.29) is 11.6 Å². The van der Waals surface area contributed by atoms with Crippen molar-refractivity contribution in [2.24, 2.45) is 0 Å². The molecule has 0 saturated heterocycles. The lowest BCUT2D eigenvalue weighted by Crippen LogP contribution is -2.03. The number of hydrogen-bond acceptors (Lipinski definition) is 3. The lowest BCUT2D eigenvalue weighted by atomic mass is 10.1. The van der Waals surface area contributed by atoms with Crippen molar-refractivity contribution in [3.63, 3.8) is 0 Å². The van der Waals surface area contributed by atoms with Gasteiger partial charge in [-0.3, -0.25) is 4.40 Å². The molecule has 0 spiro atoms. The van der Waals surface area contributed by atoms with Gasteiger partial charge < -0.3 is 10.4 Å². The number of aromatic hydroxyl groups is 1. The summed E-state index contributed by atoms with van der Waals surface area (Å²) in [5.41, 5.74) is 3.10. The molecular formula is C20H15ClFN3O. The average molecular weight is 368 g/mol. The molecule has 0 aliphatic rings. The number of benzene rings is 2. The van der Waals surface area contributed by atoms with Gasteiger partial charge in [0.25, 0.3) is 0 Å². The molecule has 6 heteroatoms. The Morgan fingerprint density at radius 1 is 1.08 bits per heavy atom. The number of nitrogens with zero attached hydrogens (tertiary/aromatic N) is 2. The first kappa shape index (κ1) is 16.4. The fourth-order valence-electron chi connectivity index (χ4n) is 2.84. The third-order valence-electron chi connectivity index (χ3n) is 4.08. The summed E-state index contributed by atoms with van der Waals surface area (Å²) in [5, 5.41) is 13.5. The van der Waals surface area contributed by atoms with Gasteiger partial charge in [0.1, 0.15) is 28.7 Å². The van der Waals surface area contributed by atoms with Gasteiger partial charge in [-0.1, -0.05) is 23.7 Å². The first-order valence-electron chi connectivity index (χ1n) is 8.05. The van der Waals surface area contributed by atoms with E-state index in [4.69, 9.17) is 11.6 Å². The number of halogens is 2. The van der Waals surface area contributed by atoms with Crippen LogP contribution in [0.3, 0.4) is 0 Å². The summed E-state index contributed by atoms with van der Waals surface area (Å²) in [6.07, 6.45) is 1.84. The summed E-state index contributed by atoms with van der Waals surface area (Å²) in [4.78, 5) is 4.66. The predicted molar refractivity (Wildman–Crippen MR) is 101 cm³/mol. The van der Waals surface area contributed by atoms with Crippen molar-refractivity contribution < 1.29 is 9.50 Å². The SMILES string of the molecule is Oc1ccc(-c2nc3cc(Cl)ccn3c2NCc2cccc(F)c2)cc1. The Morgan fingerprint density at radius 2 is 1.88 bits per heavy atom. The molecule has 2 aromatic carbocycles. The van der Waals surface area contributed by atoms with E-state index in [0.29, 0.717) is 17.2 Å². The quantitative estimate of drug-likeness (QED) is 0.527. The van der Waals surface area contributed by atoms with Gasteiger partial charge in [0.2, 0.25) is 0 Å². The van der Waals surface area contributed by atoms with Gasteiger partial charge in [-0.15, -0.1) is 0 Å². The number of aromatic nitrogens is 2. The largest absolute Gasteiger partial charge is 0.508 e. The molecule has 0 radical (unpaired) electrons. The lowest BCUT2D eigenvalue weighted by Gasteiger charge is -2.09. The fourth-order valence-corrected chi connectivity index (χ4v) is 3.00. The average Bonchev–Trinajstić information content (AvgIpc) is 2.98. The fraction of sp³-hybridized carbons (Fsp3) is 0.0500. The number of phenolic OH excluding ortho intramolecular Hbond substituents is 1. The number of imidazole rings is 1. The van der Waals surface area contributed by atoms with Crippen molar-refractivity contribution in [3.8, 4) is 17.0 Å². The molecular weight excluding hydrogens is 353 g/mol. The number of fused-ring (bicyclic) bond motifs is 1. The highest BCUT2D eigenvalue weighted by atomic mass is 35.5. The molecule has 0 amide bonds. The van der Waals surface area contributed by atoms with Crippen LogP contribution in [-0.4, -0.2) is 14.5 Å². The highest BCUT2D eigenvalue weighted by Gasteiger charge is 2.14. The number of phenols is 1. The zero-order valence-corrected chi connectivity index (χ0v) is 14.4. The number of rotatable bonds is 4. The first-order chi connectivity index (χ1) is 12.6. The Labute approximate surface area is 154 Å². The second-order valence-electron chi connectivity index (χ2n) is 5.91. The van der Waals surface area contributed by atoms with Gasteiger partial charge in [-0.25, -0.2) is 9.37 Å². The Kier molecular flexibility index (Phi) is 4.22. The molecule has 2 heterocycles. The van der Waals surface area contributed by atoms with Crippen LogP contribution in [0.5, 0.6) is 5.75 Å². The highest BCUT2D eigenvalue weighted by molar-refractivity contribution is 6.30. The summed E-state index contributed by atoms with van der Waals surface area (Å²) in [6.45, 7) is 0.444. The van der Waals surface area contributed by atoms with Crippen LogP contribution < -0.4 is 5.32 Å². The van der Waals surface area contributed by atoms with Crippen molar-refractivity contribution in [1.82, 2.24) is 9.38 Å². The van der Waals surface area contributed by atoms with Crippen LogP contribution in [0.15, 0.2) is 66.9 Å². The molecule has 0 saturated carbocycles. The van der Waals surface area contributed by atoms with E-state index < -0.39 is 0 Å². The van der Waals surface area contributed by atoms with Crippen LogP contribution in [0.4, 0.5) is 10.2 Å². The van der Waals surface area contributed by atoms with Crippen molar-refractivity contribution in [3.05, 3.63) is 83.3 Å². The number of anilines is 1. The van der Waals surface area contributed by atoms with Gasteiger partial charge in [0.05, 0.1) is 0 Å². The summed E-state index contributed by atoms with van der Waals surface area (Å²) >= 11 is 6.09. The van der Waals surface area contributed by atoms with E-state index in [0.717, 1.165) is 22.6 Å².